The molecule has 1 saturated heterocycles. The summed E-state index contributed by atoms with van der Waals surface area (Å²) < 4.78 is 0. The Morgan fingerprint density at radius 3 is 2.33 bits per heavy atom. The Kier molecular flexibility index (Phi) is 4.08. The van der Waals surface area contributed by atoms with E-state index in [0.717, 1.165) is 11.8 Å². The number of nitrogens with one attached hydrogen (secondary N) is 1. The van der Waals surface area contributed by atoms with Gasteiger partial charge in [0.2, 0.25) is 0 Å². The van der Waals surface area contributed by atoms with Crippen LogP contribution in [-0.2, 0) is 0 Å². The third kappa shape index (κ3) is 2.39. The van der Waals surface area contributed by atoms with Crippen molar-refractivity contribution in [3.05, 3.63) is 12.2 Å². The van der Waals surface area contributed by atoms with Crippen LogP contribution in [0.25, 0.3) is 0 Å². The summed E-state index contributed by atoms with van der Waals surface area (Å²) >= 11 is 0. The molecule has 1 N–H and O–H groups in total. The Balaban J connectivity index is 1.81. The first-order valence-electron chi connectivity index (χ1n) is 8.29. The Labute approximate surface area is 112 Å². The van der Waals surface area contributed by atoms with Gasteiger partial charge in [0.15, 0.2) is 0 Å². The Hall–Kier alpha value is -0.300. The quantitative estimate of drug-likeness (QED) is 0.718. The minimum absolute atomic E-state index is 0.669. The minimum Gasteiger partial charge on any atom is -0.317 e. The van der Waals surface area contributed by atoms with Crippen LogP contribution < -0.4 is 5.32 Å². The van der Waals surface area contributed by atoms with E-state index in [-0.39, 0.29) is 0 Å². The normalized spacial score (nSPS) is 33.4. The van der Waals surface area contributed by atoms with E-state index in [1.54, 1.807) is 0 Å². The van der Waals surface area contributed by atoms with Gasteiger partial charge < -0.3 is 5.32 Å². The maximum Gasteiger partial charge on any atom is -0.00433 e. The van der Waals surface area contributed by atoms with Gasteiger partial charge in [-0.3, -0.25) is 0 Å². The molecule has 1 heteroatoms. The molecule has 1 aliphatic heterocycles. The molecule has 0 spiro atoms. The summed E-state index contributed by atoms with van der Waals surface area (Å²) in [5, 5.41) is 3.59. The number of piperidine rings is 1. The van der Waals surface area contributed by atoms with Crippen LogP contribution in [0.1, 0.15) is 64.2 Å². The fourth-order valence-electron chi connectivity index (χ4n) is 4.94. The van der Waals surface area contributed by atoms with Crippen molar-refractivity contribution in [3.63, 3.8) is 0 Å². The van der Waals surface area contributed by atoms with Crippen LogP contribution in [-0.4, -0.2) is 13.1 Å². The van der Waals surface area contributed by atoms with Crippen molar-refractivity contribution >= 4 is 0 Å². The smallest absolute Gasteiger partial charge is 0.00433 e. The highest BCUT2D eigenvalue weighted by Crippen LogP contribution is 2.52. The topological polar surface area (TPSA) is 12.0 Å². The highest BCUT2D eigenvalue weighted by molar-refractivity contribution is 5.06. The van der Waals surface area contributed by atoms with Gasteiger partial charge in [0.05, 0.1) is 0 Å². The van der Waals surface area contributed by atoms with E-state index in [0.29, 0.717) is 5.41 Å². The van der Waals surface area contributed by atoms with Gasteiger partial charge in [0.25, 0.3) is 0 Å². The van der Waals surface area contributed by atoms with Gasteiger partial charge in [0.1, 0.15) is 0 Å². The zero-order valence-corrected chi connectivity index (χ0v) is 11.8. The molecule has 102 valence electrons. The van der Waals surface area contributed by atoms with Crippen molar-refractivity contribution in [2.75, 3.05) is 13.1 Å². The van der Waals surface area contributed by atoms with Gasteiger partial charge in [-0.15, -0.1) is 0 Å². The van der Waals surface area contributed by atoms with Crippen LogP contribution >= 0.6 is 0 Å². The summed E-state index contributed by atoms with van der Waals surface area (Å²) in [5.74, 6) is 1.93. The largest absolute Gasteiger partial charge is 0.317 e. The van der Waals surface area contributed by atoms with Crippen molar-refractivity contribution in [2.24, 2.45) is 17.3 Å². The molecule has 0 bridgehead atoms. The fourth-order valence-corrected chi connectivity index (χ4v) is 4.94. The summed E-state index contributed by atoms with van der Waals surface area (Å²) in [6, 6.07) is 0. The van der Waals surface area contributed by atoms with Gasteiger partial charge in [-0.25, -0.2) is 0 Å². The molecule has 3 rings (SSSR count). The number of allylic oxidation sites excluding steroid dienone is 2. The molecule has 0 radical (unpaired) electrons. The molecule has 1 nitrogen and oxygen atoms in total. The number of hydrogen-bond donors (Lipinski definition) is 1. The van der Waals surface area contributed by atoms with Crippen molar-refractivity contribution in [1.82, 2.24) is 5.32 Å². The highest BCUT2D eigenvalue weighted by Gasteiger charge is 2.44. The molecule has 3 aliphatic rings. The fraction of sp³-hybridized carbons (Fsp3) is 0.882. The molecule has 2 aliphatic carbocycles. The zero-order valence-electron chi connectivity index (χ0n) is 11.8. The lowest BCUT2D eigenvalue weighted by Gasteiger charge is -2.50. The molecule has 1 atom stereocenters. The van der Waals surface area contributed by atoms with Gasteiger partial charge in [0, 0.05) is 0 Å². The van der Waals surface area contributed by atoms with Crippen LogP contribution in [0.3, 0.4) is 0 Å². The minimum atomic E-state index is 0.669. The van der Waals surface area contributed by atoms with E-state index in [9.17, 15) is 0 Å². The van der Waals surface area contributed by atoms with Crippen LogP contribution in [0, 0.1) is 17.3 Å². The molecule has 1 heterocycles. The summed E-state index contributed by atoms with van der Waals surface area (Å²) in [6.07, 6.45) is 19.7. The zero-order chi connectivity index (χ0) is 12.3. The average Bonchev–Trinajstić information content (AvgIpc) is 2.50. The molecular weight excluding hydrogens is 218 g/mol. The summed E-state index contributed by atoms with van der Waals surface area (Å²) in [4.78, 5) is 0. The molecule has 18 heavy (non-hydrogen) atoms. The van der Waals surface area contributed by atoms with Gasteiger partial charge in [-0.1, -0.05) is 31.4 Å². The van der Waals surface area contributed by atoms with Crippen molar-refractivity contribution in [1.29, 1.82) is 0 Å². The standard InChI is InChI=1S/C17H29N/c1-3-7-15(8-4-1)17(11-13-18-14-12-17)16-9-5-2-6-10-16/h3,7,15-16,18H,1-2,4-6,8-14H2. The predicted octanol–water partition coefficient (Wildman–Crippen LogP) is 4.29. The Morgan fingerprint density at radius 1 is 0.889 bits per heavy atom. The first-order valence-corrected chi connectivity index (χ1v) is 8.29. The molecule has 1 saturated carbocycles. The van der Waals surface area contributed by atoms with Crippen molar-refractivity contribution in [2.45, 2.75) is 64.2 Å². The lowest BCUT2D eigenvalue weighted by molar-refractivity contribution is 0.0246. The molecule has 0 aromatic heterocycles. The third-order valence-electron chi connectivity index (χ3n) is 5.95. The van der Waals surface area contributed by atoms with Crippen LogP contribution in [0.4, 0.5) is 0 Å². The molecule has 0 aromatic carbocycles. The maximum atomic E-state index is 3.59. The predicted molar refractivity (Wildman–Crippen MR) is 77.6 cm³/mol. The highest BCUT2D eigenvalue weighted by atomic mass is 14.9. The summed E-state index contributed by atoms with van der Waals surface area (Å²) in [7, 11) is 0. The lowest BCUT2D eigenvalue weighted by atomic mass is 9.56. The van der Waals surface area contributed by atoms with E-state index in [4.69, 9.17) is 0 Å². The molecule has 1 unspecified atom stereocenters. The average molecular weight is 247 g/mol. The first-order chi connectivity index (χ1) is 8.92. The van der Waals surface area contributed by atoms with Crippen LogP contribution in [0.15, 0.2) is 12.2 Å². The summed E-state index contributed by atoms with van der Waals surface area (Å²) in [5.41, 5.74) is 0.669. The first kappa shape index (κ1) is 12.7. The SMILES string of the molecule is C1=CC(C2(C3CCCCC3)CCNCC2)CCC1. The van der Waals surface area contributed by atoms with Gasteiger partial charge in [-0.05, 0) is 75.3 Å². The van der Waals surface area contributed by atoms with Crippen molar-refractivity contribution < 1.29 is 0 Å². The summed E-state index contributed by atoms with van der Waals surface area (Å²) in [6.45, 7) is 2.53. The third-order valence-corrected chi connectivity index (χ3v) is 5.95. The number of hydrogen-bond acceptors (Lipinski definition) is 1. The van der Waals surface area contributed by atoms with E-state index in [1.165, 1.54) is 77.3 Å². The second kappa shape index (κ2) is 5.77. The molecule has 2 fully saturated rings. The monoisotopic (exact) mass is 247 g/mol. The van der Waals surface area contributed by atoms with Crippen molar-refractivity contribution in [3.8, 4) is 0 Å². The molecule has 0 aromatic rings. The van der Waals surface area contributed by atoms with Gasteiger partial charge in [-0.2, -0.15) is 0 Å². The van der Waals surface area contributed by atoms with E-state index < -0.39 is 0 Å². The second-order valence-electron chi connectivity index (χ2n) is 6.78. The maximum absolute atomic E-state index is 3.59. The lowest BCUT2D eigenvalue weighted by Crippen LogP contribution is -2.47. The van der Waals surface area contributed by atoms with Crippen LogP contribution in [0.5, 0.6) is 0 Å². The van der Waals surface area contributed by atoms with E-state index in [1.807, 2.05) is 0 Å². The molecular formula is C17H29N. The number of rotatable bonds is 2. The Bertz CT molecular complexity index is 282. The van der Waals surface area contributed by atoms with E-state index >= 15 is 0 Å². The van der Waals surface area contributed by atoms with E-state index in [2.05, 4.69) is 17.5 Å². The Morgan fingerprint density at radius 2 is 1.67 bits per heavy atom. The molecule has 0 amide bonds. The van der Waals surface area contributed by atoms with Gasteiger partial charge >= 0.3 is 0 Å². The van der Waals surface area contributed by atoms with Crippen LogP contribution in [0.2, 0.25) is 0 Å². The second-order valence-corrected chi connectivity index (χ2v) is 6.78.